The van der Waals surface area contributed by atoms with Crippen molar-refractivity contribution >= 4 is 40.6 Å². The summed E-state index contributed by atoms with van der Waals surface area (Å²) >= 11 is 0.882. The van der Waals surface area contributed by atoms with Gasteiger partial charge in [-0.25, -0.2) is 4.79 Å². The van der Waals surface area contributed by atoms with Gasteiger partial charge in [0.15, 0.2) is 0 Å². The molecule has 0 spiro atoms. The Morgan fingerprint density at radius 1 is 1.11 bits per heavy atom. The number of methoxy groups -OCH3 is 2. The van der Waals surface area contributed by atoms with Crippen molar-refractivity contribution < 1.29 is 23.9 Å². The molecular formula is C20H18N2O5S. The van der Waals surface area contributed by atoms with Crippen molar-refractivity contribution in [3.8, 4) is 5.75 Å². The smallest absolute Gasteiger partial charge is 0.337 e. The molecule has 0 aromatic heterocycles. The second-order valence-corrected chi connectivity index (χ2v) is 6.75. The molecule has 28 heavy (non-hydrogen) atoms. The maximum absolute atomic E-state index is 12.6. The Kier molecular flexibility index (Phi) is 6.00. The Morgan fingerprint density at radius 3 is 2.50 bits per heavy atom. The van der Waals surface area contributed by atoms with Gasteiger partial charge in [-0.3, -0.25) is 14.5 Å². The van der Waals surface area contributed by atoms with Crippen LogP contribution in [0, 0.1) is 0 Å². The van der Waals surface area contributed by atoms with E-state index in [1.165, 1.54) is 7.11 Å². The van der Waals surface area contributed by atoms with E-state index in [0.717, 1.165) is 22.2 Å². The highest BCUT2D eigenvalue weighted by Gasteiger charge is 2.35. The first-order chi connectivity index (χ1) is 13.5. The van der Waals surface area contributed by atoms with E-state index in [1.807, 2.05) is 18.2 Å². The molecule has 1 fully saturated rings. The fourth-order valence-corrected chi connectivity index (χ4v) is 3.40. The molecule has 1 heterocycles. The molecule has 8 heteroatoms. The zero-order valence-electron chi connectivity index (χ0n) is 15.3. The topological polar surface area (TPSA) is 84.9 Å². The summed E-state index contributed by atoms with van der Waals surface area (Å²) in [6.45, 7) is 0.0193. The fraction of sp³-hybridized carbons (Fsp3) is 0.150. The first kappa shape index (κ1) is 19.5. The largest absolute Gasteiger partial charge is 0.496 e. The number of carbonyl (C=O) groups excluding carboxylic acids is 3. The number of para-hydroxylation sites is 1. The van der Waals surface area contributed by atoms with Gasteiger partial charge in [0.1, 0.15) is 5.75 Å². The number of rotatable bonds is 6. The monoisotopic (exact) mass is 398 g/mol. The van der Waals surface area contributed by atoms with Gasteiger partial charge in [-0.05, 0) is 48.2 Å². The molecule has 0 unspecified atom stereocenters. The van der Waals surface area contributed by atoms with Crippen LogP contribution in [-0.4, -0.2) is 42.9 Å². The number of benzene rings is 2. The molecular weight excluding hydrogens is 380 g/mol. The zero-order chi connectivity index (χ0) is 20.1. The number of esters is 1. The number of imide groups is 1. The molecule has 0 aliphatic carbocycles. The Balaban J connectivity index is 1.69. The van der Waals surface area contributed by atoms with Gasteiger partial charge in [-0.2, -0.15) is 0 Å². The lowest BCUT2D eigenvalue weighted by atomic mass is 10.2. The van der Waals surface area contributed by atoms with Crippen LogP contribution in [0.4, 0.5) is 10.5 Å². The van der Waals surface area contributed by atoms with Crippen molar-refractivity contribution in [2.24, 2.45) is 0 Å². The SMILES string of the molecule is COC(=O)c1ccc(NCN2C(=O)S/C(=C/c3ccccc3OC)C2=O)cc1. The van der Waals surface area contributed by atoms with Crippen molar-refractivity contribution in [2.45, 2.75) is 0 Å². The van der Waals surface area contributed by atoms with Gasteiger partial charge in [0, 0.05) is 11.3 Å². The summed E-state index contributed by atoms with van der Waals surface area (Å²) < 4.78 is 9.92. The van der Waals surface area contributed by atoms with E-state index in [-0.39, 0.29) is 17.8 Å². The first-order valence-electron chi connectivity index (χ1n) is 8.34. The Labute approximate surface area is 166 Å². The van der Waals surface area contributed by atoms with Crippen LogP contribution in [0.3, 0.4) is 0 Å². The van der Waals surface area contributed by atoms with E-state index in [0.29, 0.717) is 21.9 Å². The minimum atomic E-state index is -0.432. The molecule has 1 saturated heterocycles. The van der Waals surface area contributed by atoms with Crippen LogP contribution < -0.4 is 10.1 Å². The molecule has 1 aliphatic rings. The van der Waals surface area contributed by atoms with Crippen LogP contribution in [0.15, 0.2) is 53.4 Å². The van der Waals surface area contributed by atoms with E-state index in [2.05, 4.69) is 10.1 Å². The molecule has 1 aliphatic heterocycles. The molecule has 0 bridgehead atoms. The van der Waals surface area contributed by atoms with E-state index < -0.39 is 5.97 Å². The van der Waals surface area contributed by atoms with Gasteiger partial charge in [0.25, 0.3) is 11.1 Å². The number of hydrogen-bond acceptors (Lipinski definition) is 7. The summed E-state index contributed by atoms with van der Waals surface area (Å²) in [6, 6.07) is 13.8. The van der Waals surface area contributed by atoms with Gasteiger partial charge >= 0.3 is 5.97 Å². The lowest BCUT2D eigenvalue weighted by molar-refractivity contribution is -0.122. The molecule has 2 amide bonds. The Hall–Kier alpha value is -3.26. The first-order valence-corrected chi connectivity index (χ1v) is 9.15. The lowest BCUT2D eigenvalue weighted by Crippen LogP contribution is -2.33. The van der Waals surface area contributed by atoms with Crippen molar-refractivity contribution in [1.29, 1.82) is 0 Å². The van der Waals surface area contributed by atoms with Crippen molar-refractivity contribution in [1.82, 2.24) is 4.90 Å². The quantitative estimate of drug-likeness (QED) is 0.588. The zero-order valence-corrected chi connectivity index (χ0v) is 16.1. The standard InChI is InChI=1S/C20H18N2O5S/c1-26-16-6-4-3-5-14(16)11-17-18(23)22(20(25)28-17)12-21-15-9-7-13(8-10-15)19(24)27-2/h3-11,21H,12H2,1-2H3/b17-11+. The van der Waals surface area contributed by atoms with Crippen LogP contribution in [0.25, 0.3) is 6.08 Å². The molecule has 0 radical (unpaired) electrons. The molecule has 3 rings (SSSR count). The summed E-state index contributed by atoms with van der Waals surface area (Å²) in [4.78, 5) is 37.7. The van der Waals surface area contributed by atoms with Gasteiger partial charge in [-0.1, -0.05) is 18.2 Å². The highest BCUT2D eigenvalue weighted by Crippen LogP contribution is 2.33. The molecule has 144 valence electrons. The molecule has 7 nitrogen and oxygen atoms in total. The van der Waals surface area contributed by atoms with E-state index >= 15 is 0 Å². The number of amides is 2. The second-order valence-electron chi connectivity index (χ2n) is 5.76. The summed E-state index contributed by atoms with van der Waals surface area (Å²) in [6.07, 6.45) is 1.65. The van der Waals surface area contributed by atoms with Crippen LogP contribution in [0.1, 0.15) is 15.9 Å². The maximum atomic E-state index is 12.6. The summed E-state index contributed by atoms with van der Waals surface area (Å²) in [5.41, 5.74) is 1.81. The minimum Gasteiger partial charge on any atom is -0.496 e. The van der Waals surface area contributed by atoms with Crippen molar-refractivity contribution in [3.63, 3.8) is 0 Å². The summed E-state index contributed by atoms with van der Waals surface area (Å²) in [5.74, 6) is -0.184. The van der Waals surface area contributed by atoms with Crippen LogP contribution in [0.5, 0.6) is 5.75 Å². The van der Waals surface area contributed by atoms with Gasteiger partial charge in [-0.15, -0.1) is 0 Å². The Bertz CT molecular complexity index is 940. The third-order valence-electron chi connectivity index (χ3n) is 4.05. The van der Waals surface area contributed by atoms with Crippen LogP contribution in [-0.2, 0) is 9.53 Å². The number of carbonyl (C=O) groups is 3. The van der Waals surface area contributed by atoms with Gasteiger partial charge in [0.2, 0.25) is 0 Å². The lowest BCUT2D eigenvalue weighted by Gasteiger charge is -2.14. The molecule has 2 aromatic rings. The van der Waals surface area contributed by atoms with Crippen molar-refractivity contribution in [3.05, 3.63) is 64.6 Å². The average molecular weight is 398 g/mol. The fourth-order valence-electron chi connectivity index (χ4n) is 2.58. The highest BCUT2D eigenvalue weighted by molar-refractivity contribution is 8.18. The Morgan fingerprint density at radius 2 is 1.82 bits per heavy atom. The number of ether oxygens (including phenoxy) is 2. The van der Waals surface area contributed by atoms with E-state index in [4.69, 9.17) is 4.74 Å². The molecule has 0 saturated carbocycles. The number of thioether (sulfide) groups is 1. The van der Waals surface area contributed by atoms with Crippen LogP contribution in [0.2, 0.25) is 0 Å². The van der Waals surface area contributed by atoms with E-state index in [9.17, 15) is 14.4 Å². The molecule has 2 aromatic carbocycles. The third kappa shape index (κ3) is 4.17. The van der Waals surface area contributed by atoms with Crippen molar-refractivity contribution in [2.75, 3.05) is 26.2 Å². The summed E-state index contributed by atoms with van der Waals surface area (Å²) in [7, 11) is 2.86. The summed E-state index contributed by atoms with van der Waals surface area (Å²) in [5, 5.41) is 2.65. The van der Waals surface area contributed by atoms with E-state index in [1.54, 1.807) is 43.5 Å². The number of nitrogens with one attached hydrogen (secondary N) is 1. The number of nitrogens with zero attached hydrogens (tertiary/aromatic N) is 1. The van der Waals surface area contributed by atoms with Crippen LogP contribution >= 0.6 is 11.8 Å². The predicted octanol–water partition coefficient (Wildman–Crippen LogP) is 3.59. The second kappa shape index (κ2) is 8.62. The highest BCUT2D eigenvalue weighted by atomic mass is 32.2. The minimum absolute atomic E-state index is 0.0193. The molecule has 1 N–H and O–H groups in total. The maximum Gasteiger partial charge on any atom is 0.337 e. The predicted molar refractivity (Wildman–Crippen MR) is 107 cm³/mol. The normalized spacial score (nSPS) is 15.1. The van der Waals surface area contributed by atoms with Gasteiger partial charge in [0.05, 0.1) is 31.4 Å². The third-order valence-corrected chi connectivity index (χ3v) is 4.95. The molecule has 0 atom stereocenters. The number of hydrogen-bond donors (Lipinski definition) is 1. The van der Waals surface area contributed by atoms with Gasteiger partial charge < -0.3 is 14.8 Å². The number of anilines is 1. The average Bonchev–Trinajstić information content (AvgIpc) is 2.99.